The van der Waals surface area contributed by atoms with Gasteiger partial charge in [-0.05, 0) is 37.8 Å². The van der Waals surface area contributed by atoms with Gasteiger partial charge in [0, 0.05) is 24.3 Å². The molecule has 1 fully saturated rings. The lowest BCUT2D eigenvalue weighted by Crippen LogP contribution is -2.44. The third-order valence-electron chi connectivity index (χ3n) is 3.63. The number of carbonyl (C=O) groups excluding carboxylic acids is 1. The highest BCUT2D eigenvalue weighted by Gasteiger charge is 2.27. The number of carbonyl (C=O) groups is 2. The fraction of sp³-hybridized carbons (Fsp3) is 0.500. The topological polar surface area (TPSA) is 70.5 Å². The molecule has 2 unspecified atom stereocenters. The molecule has 1 aromatic heterocycles. The van der Waals surface area contributed by atoms with Crippen molar-refractivity contribution in [3.63, 3.8) is 0 Å². The zero-order valence-corrected chi connectivity index (χ0v) is 11.2. The van der Waals surface area contributed by atoms with E-state index in [9.17, 15) is 9.59 Å². The van der Waals surface area contributed by atoms with Crippen LogP contribution in [0.2, 0.25) is 0 Å². The predicted octanol–water partition coefficient (Wildman–Crippen LogP) is 2.04. The molecule has 0 saturated carbocycles. The molecule has 102 valence electrons. The van der Waals surface area contributed by atoms with Crippen LogP contribution in [0.5, 0.6) is 0 Å². The molecule has 1 amide bonds. The monoisotopic (exact) mass is 262 g/mol. The van der Waals surface area contributed by atoms with Crippen molar-refractivity contribution in [1.82, 2.24) is 9.88 Å². The molecule has 5 heteroatoms. The summed E-state index contributed by atoms with van der Waals surface area (Å²) in [4.78, 5) is 28.8. The number of pyridine rings is 1. The van der Waals surface area contributed by atoms with Crippen molar-refractivity contribution in [2.45, 2.75) is 32.7 Å². The molecule has 1 aromatic rings. The Morgan fingerprint density at radius 3 is 2.79 bits per heavy atom. The summed E-state index contributed by atoms with van der Waals surface area (Å²) >= 11 is 0. The van der Waals surface area contributed by atoms with Crippen molar-refractivity contribution < 1.29 is 14.7 Å². The highest BCUT2D eigenvalue weighted by atomic mass is 16.4. The van der Waals surface area contributed by atoms with Gasteiger partial charge in [-0.1, -0.05) is 6.92 Å². The molecule has 1 saturated heterocycles. The summed E-state index contributed by atoms with van der Waals surface area (Å²) in [5, 5.41) is 8.90. The van der Waals surface area contributed by atoms with Gasteiger partial charge in [-0.25, -0.2) is 9.78 Å². The number of piperidine rings is 1. The van der Waals surface area contributed by atoms with E-state index in [4.69, 9.17) is 5.11 Å². The number of hydrogen-bond donors (Lipinski definition) is 1. The summed E-state index contributed by atoms with van der Waals surface area (Å²) < 4.78 is 0. The Morgan fingerprint density at radius 2 is 2.16 bits per heavy atom. The van der Waals surface area contributed by atoms with E-state index in [2.05, 4.69) is 11.9 Å². The minimum Gasteiger partial charge on any atom is -0.477 e. The van der Waals surface area contributed by atoms with Crippen LogP contribution < -0.4 is 0 Å². The van der Waals surface area contributed by atoms with E-state index < -0.39 is 5.97 Å². The lowest BCUT2D eigenvalue weighted by Gasteiger charge is -2.36. The van der Waals surface area contributed by atoms with E-state index in [1.165, 1.54) is 12.3 Å². The average molecular weight is 262 g/mol. The molecule has 5 nitrogen and oxygen atoms in total. The van der Waals surface area contributed by atoms with Crippen molar-refractivity contribution in [3.8, 4) is 0 Å². The summed E-state index contributed by atoms with van der Waals surface area (Å²) in [7, 11) is 0. The molecule has 2 rings (SSSR count). The first kappa shape index (κ1) is 13.5. The molecular formula is C14H18N2O3. The maximum Gasteiger partial charge on any atom is 0.354 e. The van der Waals surface area contributed by atoms with Gasteiger partial charge in [-0.3, -0.25) is 4.79 Å². The first-order valence-corrected chi connectivity index (χ1v) is 6.49. The number of aromatic nitrogens is 1. The Bertz CT molecular complexity index is 501. The minimum atomic E-state index is -1.12. The molecule has 0 aliphatic carbocycles. The quantitative estimate of drug-likeness (QED) is 0.885. The van der Waals surface area contributed by atoms with E-state index in [-0.39, 0.29) is 17.6 Å². The maximum absolute atomic E-state index is 12.4. The zero-order valence-electron chi connectivity index (χ0n) is 11.2. The van der Waals surface area contributed by atoms with Gasteiger partial charge in [-0.15, -0.1) is 0 Å². The van der Waals surface area contributed by atoms with E-state index in [0.717, 1.165) is 19.4 Å². The Morgan fingerprint density at radius 1 is 1.42 bits per heavy atom. The number of hydrogen-bond acceptors (Lipinski definition) is 3. The van der Waals surface area contributed by atoms with Crippen LogP contribution in [-0.4, -0.2) is 39.5 Å². The predicted molar refractivity (Wildman–Crippen MR) is 70.1 cm³/mol. The lowest BCUT2D eigenvalue weighted by molar-refractivity contribution is 0.0588. The number of nitrogens with zero attached hydrogens (tertiary/aromatic N) is 2. The van der Waals surface area contributed by atoms with Crippen molar-refractivity contribution in [2.75, 3.05) is 6.54 Å². The molecular weight excluding hydrogens is 244 g/mol. The van der Waals surface area contributed by atoms with Crippen LogP contribution in [0.15, 0.2) is 18.3 Å². The molecule has 1 aliphatic rings. The second-order valence-corrected chi connectivity index (χ2v) is 5.21. The van der Waals surface area contributed by atoms with Crippen LogP contribution >= 0.6 is 0 Å². The third kappa shape index (κ3) is 2.92. The van der Waals surface area contributed by atoms with E-state index in [0.29, 0.717) is 11.5 Å². The first-order chi connectivity index (χ1) is 8.99. The number of carboxylic acids is 1. The smallest absolute Gasteiger partial charge is 0.354 e. The Balaban J connectivity index is 2.19. The van der Waals surface area contributed by atoms with Gasteiger partial charge in [0.1, 0.15) is 5.69 Å². The van der Waals surface area contributed by atoms with Crippen molar-refractivity contribution in [3.05, 3.63) is 29.6 Å². The lowest BCUT2D eigenvalue weighted by atomic mass is 9.93. The Hall–Kier alpha value is -1.91. The van der Waals surface area contributed by atoms with E-state index in [1.54, 1.807) is 6.07 Å². The SMILES string of the molecule is CC1CCN(C(=O)c2ccnc(C(=O)O)c2)C(C)C1. The molecule has 1 aliphatic heterocycles. The van der Waals surface area contributed by atoms with Crippen LogP contribution in [0.3, 0.4) is 0 Å². The maximum atomic E-state index is 12.4. The van der Waals surface area contributed by atoms with Crippen molar-refractivity contribution in [2.24, 2.45) is 5.92 Å². The summed E-state index contributed by atoms with van der Waals surface area (Å²) in [6.07, 6.45) is 3.35. The molecule has 2 atom stereocenters. The van der Waals surface area contributed by atoms with Crippen LogP contribution in [0.1, 0.15) is 47.5 Å². The normalized spacial score (nSPS) is 23.2. The number of carboxylic acid groups (broad SMARTS) is 1. The molecule has 0 spiro atoms. The summed E-state index contributed by atoms with van der Waals surface area (Å²) in [5.41, 5.74) is 0.303. The van der Waals surface area contributed by atoms with Crippen LogP contribution in [0.25, 0.3) is 0 Å². The molecule has 2 heterocycles. The van der Waals surface area contributed by atoms with Gasteiger partial charge in [0.25, 0.3) is 5.91 Å². The van der Waals surface area contributed by atoms with Gasteiger partial charge in [0.05, 0.1) is 0 Å². The molecule has 0 radical (unpaired) electrons. The van der Waals surface area contributed by atoms with Crippen LogP contribution in [0, 0.1) is 5.92 Å². The van der Waals surface area contributed by atoms with Crippen molar-refractivity contribution in [1.29, 1.82) is 0 Å². The first-order valence-electron chi connectivity index (χ1n) is 6.49. The van der Waals surface area contributed by atoms with Crippen molar-refractivity contribution >= 4 is 11.9 Å². The fourth-order valence-electron chi connectivity index (χ4n) is 2.56. The fourth-order valence-corrected chi connectivity index (χ4v) is 2.56. The average Bonchev–Trinajstić information content (AvgIpc) is 2.38. The number of likely N-dealkylation sites (tertiary alicyclic amines) is 1. The number of rotatable bonds is 2. The largest absolute Gasteiger partial charge is 0.477 e. The third-order valence-corrected chi connectivity index (χ3v) is 3.63. The number of amides is 1. The molecule has 1 N–H and O–H groups in total. The number of aromatic carboxylic acids is 1. The van der Waals surface area contributed by atoms with Crippen LogP contribution in [0.4, 0.5) is 0 Å². The summed E-state index contributed by atoms with van der Waals surface area (Å²) in [6, 6.07) is 3.10. The summed E-state index contributed by atoms with van der Waals surface area (Å²) in [6.45, 7) is 4.95. The minimum absolute atomic E-state index is 0.0936. The highest BCUT2D eigenvalue weighted by Crippen LogP contribution is 2.23. The van der Waals surface area contributed by atoms with Gasteiger partial charge in [-0.2, -0.15) is 0 Å². The van der Waals surface area contributed by atoms with E-state index >= 15 is 0 Å². The highest BCUT2D eigenvalue weighted by molar-refractivity contribution is 5.96. The van der Waals surface area contributed by atoms with E-state index in [1.807, 2.05) is 11.8 Å². The van der Waals surface area contributed by atoms with Crippen LogP contribution in [-0.2, 0) is 0 Å². The standard InChI is InChI=1S/C14H18N2O3/c1-9-4-6-16(10(2)7-9)13(17)11-3-5-15-12(8-11)14(18)19/h3,5,8-10H,4,6-7H2,1-2H3,(H,18,19). The van der Waals surface area contributed by atoms with Gasteiger partial charge < -0.3 is 10.0 Å². The zero-order chi connectivity index (χ0) is 14.0. The van der Waals surface area contributed by atoms with Gasteiger partial charge >= 0.3 is 5.97 Å². The van der Waals surface area contributed by atoms with Gasteiger partial charge in [0.15, 0.2) is 0 Å². The molecule has 19 heavy (non-hydrogen) atoms. The Kier molecular flexibility index (Phi) is 3.83. The Labute approximate surface area is 112 Å². The van der Waals surface area contributed by atoms with Gasteiger partial charge in [0.2, 0.25) is 0 Å². The second-order valence-electron chi connectivity index (χ2n) is 5.21. The molecule has 0 aromatic carbocycles. The second kappa shape index (κ2) is 5.38. The molecule has 0 bridgehead atoms. The summed E-state index contributed by atoms with van der Waals surface area (Å²) in [5.74, 6) is -0.592.